The van der Waals surface area contributed by atoms with Gasteiger partial charge < -0.3 is 20.8 Å². The summed E-state index contributed by atoms with van der Waals surface area (Å²) in [5, 5.41) is 28.2. The van der Waals surface area contributed by atoms with Crippen LogP contribution in [0.4, 0.5) is 0 Å². The summed E-state index contributed by atoms with van der Waals surface area (Å²) >= 11 is 0. The second-order valence-electron chi connectivity index (χ2n) is 6.90. The van der Waals surface area contributed by atoms with Gasteiger partial charge in [-0.25, -0.2) is 0 Å². The van der Waals surface area contributed by atoms with E-state index in [0.717, 1.165) is 25.9 Å². The Morgan fingerprint density at radius 3 is 1.46 bits per heavy atom. The predicted octanol–water partition coefficient (Wildman–Crippen LogP) is 1.14. The van der Waals surface area contributed by atoms with E-state index in [0.29, 0.717) is 0 Å². The molecule has 2 aromatic rings. The SMILES string of the molecule is O[C@H]([C@@H]1Cc2ccccc2CN1)[C@H](O)C1Cc2ccccc2CN1. The fourth-order valence-electron chi connectivity index (χ4n) is 3.92. The summed E-state index contributed by atoms with van der Waals surface area (Å²) in [6.45, 7) is 1.48. The van der Waals surface area contributed by atoms with E-state index < -0.39 is 12.2 Å². The lowest BCUT2D eigenvalue weighted by atomic mass is 9.86. The molecule has 0 aliphatic carbocycles. The van der Waals surface area contributed by atoms with Crippen LogP contribution >= 0.6 is 0 Å². The van der Waals surface area contributed by atoms with E-state index in [1.54, 1.807) is 0 Å². The lowest BCUT2D eigenvalue weighted by molar-refractivity contribution is -0.0270. The van der Waals surface area contributed by atoms with Crippen LogP contribution in [0.1, 0.15) is 22.3 Å². The van der Waals surface area contributed by atoms with Gasteiger partial charge in [0.25, 0.3) is 0 Å². The summed E-state index contributed by atoms with van der Waals surface area (Å²) in [4.78, 5) is 0. The number of aliphatic hydroxyl groups excluding tert-OH is 2. The molecule has 2 aliphatic rings. The van der Waals surface area contributed by atoms with E-state index in [9.17, 15) is 10.2 Å². The molecule has 2 heterocycles. The number of hydrogen-bond acceptors (Lipinski definition) is 4. The Kier molecular flexibility index (Phi) is 4.37. The van der Waals surface area contributed by atoms with Gasteiger partial charge in [0.15, 0.2) is 0 Å². The molecular formula is C20H24N2O2. The molecule has 0 aromatic heterocycles. The van der Waals surface area contributed by atoms with Crippen LogP contribution in [0.2, 0.25) is 0 Å². The smallest absolute Gasteiger partial charge is 0.0970 e. The zero-order valence-corrected chi connectivity index (χ0v) is 13.7. The quantitative estimate of drug-likeness (QED) is 0.684. The summed E-state index contributed by atoms with van der Waals surface area (Å²) in [5.74, 6) is 0. The molecule has 0 spiro atoms. The molecule has 0 bridgehead atoms. The van der Waals surface area contributed by atoms with Crippen molar-refractivity contribution in [2.24, 2.45) is 0 Å². The molecule has 126 valence electrons. The zero-order valence-electron chi connectivity index (χ0n) is 13.7. The molecule has 4 nitrogen and oxygen atoms in total. The third-order valence-corrected chi connectivity index (χ3v) is 5.40. The van der Waals surface area contributed by atoms with Crippen molar-refractivity contribution in [1.82, 2.24) is 10.6 Å². The van der Waals surface area contributed by atoms with Crippen molar-refractivity contribution in [1.29, 1.82) is 0 Å². The van der Waals surface area contributed by atoms with Crippen molar-refractivity contribution >= 4 is 0 Å². The highest BCUT2D eigenvalue weighted by molar-refractivity contribution is 5.32. The van der Waals surface area contributed by atoms with Crippen molar-refractivity contribution < 1.29 is 10.2 Å². The van der Waals surface area contributed by atoms with Crippen molar-refractivity contribution in [3.05, 3.63) is 70.8 Å². The number of nitrogens with one attached hydrogen (secondary N) is 2. The van der Waals surface area contributed by atoms with Gasteiger partial charge in [-0.1, -0.05) is 48.5 Å². The van der Waals surface area contributed by atoms with Crippen LogP contribution < -0.4 is 10.6 Å². The number of hydrogen-bond donors (Lipinski definition) is 4. The van der Waals surface area contributed by atoms with Gasteiger partial charge in [-0.05, 0) is 35.1 Å². The first-order chi connectivity index (χ1) is 11.7. The van der Waals surface area contributed by atoms with Crippen LogP contribution in [-0.2, 0) is 25.9 Å². The molecule has 24 heavy (non-hydrogen) atoms. The zero-order chi connectivity index (χ0) is 16.5. The van der Waals surface area contributed by atoms with E-state index in [1.807, 2.05) is 24.3 Å². The Bertz CT molecular complexity index is 657. The topological polar surface area (TPSA) is 64.5 Å². The molecular weight excluding hydrogens is 300 g/mol. The van der Waals surface area contributed by atoms with Gasteiger partial charge in [-0.2, -0.15) is 0 Å². The molecule has 0 saturated heterocycles. The van der Waals surface area contributed by atoms with Crippen molar-refractivity contribution in [3.63, 3.8) is 0 Å². The molecule has 2 aliphatic heterocycles. The first-order valence-corrected chi connectivity index (χ1v) is 8.69. The van der Waals surface area contributed by atoms with E-state index in [4.69, 9.17) is 0 Å². The fourth-order valence-corrected chi connectivity index (χ4v) is 3.92. The molecule has 0 amide bonds. The molecule has 1 unspecified atom stereocenters. The Morgan fingerprint density at radius 1 is 0.667 bits per heavy atom. The summed E-state index contributed by atoms with van der Waals surface area (Å²) in [7, 11) is 0. The van der Waals surface area contributed by atoms with E-state index in [1.165, 1.54) is 22.3 Å². The summed E-state index contributed by atoms with van der Waals surface area (Å²) in [5.41, 5.74) is 5.07. The third kappa shape index (κ3) is 2.98. The average molecular weight is 324 g/mol. The maximum atomic E-state index is 10.7. The molecule has 4 atom stereocenters. The van der Waals surface area contributed by atoms with Crippen molar-refractivity contribution in [2.45, 2.75) is 50.2 Å². The lowest BCUT2D eigenvalue weighted by Gasteiger charge is -2.37. The van der Waals surface area contributed by atoms with Crippen LogP contribution in [0, 0.1) is 0 Å². The van der Waals surface area contributed by atoms with Gasteiger partial charge in [-0.3, -0.25) is 0 Å². The van der Waals surface area contributed by atoms with Gasteiger partial charge in [0.1, 0.15) is 0 Å². The van der Waals surface area contributed by atoms with Gasteiger partial charge in [-0.15, -0.1) is 0 Å². The molecule has 0 saturated carbocycles. The third-order valence-electron chi connectivity index (χ3n) is 5.40. The summed E-state index contributed by atoms with van der Waals surface area (Å²) < 4.78 is 0. The van der Waals surface area contributed by atoms with Crippen molar-refractivity contribution in [3.8, 4) is 0 Å². The van der Waals surface area contributed by atoms with Gasteiger partial charge in [0, 0.05) is 25.2 Å². The van der Waals surface area contributed by atoms with Crippen molar-refractivity contribution in [2.75, 3.05) is 0 Å². The largest absolute Gasteiger partial charge is 0.389 e. The molecule has 4 heteroatoms. The second kappa shape index (κ2) is 6.65. The maximum absolute atomic E-state index is 10.7. The molecule has 0 radical (unpaired) electrons. The minimum atomic E-state index is -0.791. The minimum absolute atomic E-state index is 0.117. The molecule has 2 aromatic carbocycles. The standard InChI is InChI=1S/C20H24N2O2/c23-19(17-9-13-5-1-3-7-15(13)11-21-17)20(24)18-10-14-6-2-4-8-16(14)12-22-18/h1-8,17-24H,9-12H2/t17-,18?,19+,20+/m0/s1. The lowest BCUT2D eigenvalue weighted by Crippen LogP contribution is -2.57. The maximum Gasteiger partial charge on any atom is 0.0970 e. The normalized spacial score (nSPS) is 25.4. The van der Waals surface area contributed by atoms with E-state index >= 15 is 0 Å². The number of aliphatic hydroxyl groups is 2. The van der Waals surface area contributed by atoms with Crippen LogP contribution in [0.25, 0.3) is 0 Å². The first-order valence-electron chi connectivity index (χ1n) is 8.69. The van der Waals surface area contributed by atoms with Gasteiger partial charge >= 0.3 is 0 Å². The first kappa shape index (κ1) is 15.8. The molecule has 0 fully saturated rings. The van der Waals surface area contributed by atoms with Crippen LogP contribution in [0.3, 0.4) is 0 Å². The monoisotopic (exact) mass is 324 g/mol. The average Bonchev–Trinajstić information content (AvgIpc) is 2.66. The second-order valence-corrected chi connectivity index (χ2v) is 6.90. The van der Waals surface area contributed by atoms with Crippen LogP contribution in [-0.4, -0.2) is 34.5 Å². The van der Waals surface area contributed by atoms with Gasteiger partial charge in [0.05, 0.1) is 12.2 Å². The Labute approximate surface area is 142 Å². The van der Waals surface area contributed by atoms with Crippen LogP contribution in [0.5, 0.6) is 0 Å². The van der Waals surface area contributed by atoms with Crippen LogP contribution in [0.15, 0.2) is 48.5 Å². The van der Waals surface area contributed by atoms with E-state index in [-0.39, 0.29) is 12.1 Å². The Morgan fingerprint density at radius 2 is 1.04 bits per heavy atom. The summed E-state index contributed by atoms with van der Waals surface area (Å²) in [6, 6.07) is 16.3. The summed E-state index contributed by atoms with van der Waals surface area (Å²) in [6.07, 6.45) is -0.0858. The molecule has 4 rings (SSSR count). The minimum Gasteiger partial charge on any atom is -0.389 e. The number of fused-ring (bicyclic) bond motifs is 2. The number of rotatable bonds is 3. The van der Waals surface area contributed by atoms with Gasteiger partial charge in [0.2, 0.25) is 0 Å². The Hall–Kier alpha value is -1.72. The highest BCUT2D eigenvalue weighted by Gasteiger charge is 2.35. The number of benzene rings is 2. The predicted molar refractivity (Wildman–Crippen MR) is 93.6 cm³/mol. The highest BCUT2D eigenvalue weighted by Crippen LogP contribution is 2.23. The van der Waals surface area contributed by atoms with E-state index in [2.05, 4.69) is 34.9 Å². The Balaban J connectivity index is 1.45. The molecule has 4 N–H and O–H groups in total. The highest BCUT2D eigenvalue weighted by atomic mass is 16.3. The fraction of sp³-hybridized carbons (Fsp3) is 0.400.